The Balaban J connectivity index is 1.34. The van der Waals surface area contributed by atoms with E-state index in [1.165, 1.54) is 43.0 Å². The minimum Gasteiger partial charge on any atom is -0.467 e. The van der Waals surface area contributed by atoms with Crippen molar-refractivity contribution in [2.45, 2.75) is 12.1 Å². The summed E-state index contributed by atoms with van der Waals surface area (Å²) in [5.74, 6) is 0.677. The first-order chi connectivity index (χ1) is 24.8. The van der Waals surface area contributed by atoms with Crippen LogP contribution in [0.5, 0.6) is 0 Å². The van der Waals surface area contributed by atoms with E-state index in [0.717, 1.165) is 22.3 Å². The van der Waals surface area contributed by atoms with Crippen LogP contribution in [0.2, 0.25) is 0 Å². The van der Waals surface area contributed by atoms with Gasteiger partial charge >= 0.3 is 0 Å². The Morgan fingerprint density at radius 2 is 0.900 bits per heavy atom. The molecule has 238 valence electrons. The average Bonchev–Trinajstić information content (AvgIpc) is 3.65. The number of nitrogens with zero attached hydrogens (tertiary/aromatic N) is 1. The first-order valence-corrected chi connectivity index (χ1v) is 18.5. The summed E-state index contributed by atoms with van der Waals surface area (Å²) in [6.07, 6.45) is -0.245. The Morgan fingerprint density at radius 1 is 0.420 bits per heavy atom. The Kier molecular flexibility index (Phi) is 8.01. The van der Waals surface area contributed by atoms with Crippen molar-refractivity contribution < 1.29 is 4.74 Å². The smallest absolute Gasteiger partial charge is 0.218 e. The zero-order chi connectivity index (χ0) is 33.3. The Hall–Kier alpha value is -5.82. The van der Waals surface area contributed by atoms with Crippen LogP contribution in [-0.4, -0.2) is 5.90 Å². The number of rotatable bonds is 7. The lowest BCUT2D eigenvalue weighted by atomic mass is 9.90. The summed E-state index contributed by atoms with van der Waals surface area (Å²) in [5, 5.41) is 8.74. The lowest BCUT2D eigenvalue weighted by Gasteiger charge is -2.26. The summed E-state index contributed by atoms with van der Waals surface area (Å²) in [6, 6.07) is 69.5. The first kappa shape index (κ1) is 30.3. The van der Waals surface area contributed by atoms with E-state index in [0.29, 0.717) is 5.90 Å². The molecule has 50 heavy (non-hydrogen) atoms. The second-order valence-electron chi connectivity index (χ2n) is 12.6. The molecule has 1 heterocycles. The van der Waals surface area contributed by atoms with Crippen LogP contribution in [0.3, 0.4) is 0 Å². The molecule has 0 aromatic heterocycles. The molecule has 0 aliphatic carbocycles. The summed E-state index contributed by atoms with van der Waals surface area (Å²) in [4.78, 5) is 5.45. The minimum atomic E-state index is -0.914. The highest BCUT2D eigenvalue weighted by Crippen LogP contribution is 2.46. The summed E-state index contributed by atoms with van der Waals surface area (Å²) < 4.78 is 7.05. The van der Waals surface area contributed by atoms with Gasteiger partial charge in [-0.25, -0.2) is 4.99 Å². The fourth-order valence-electron chi connectivity index (χ4n) is 7.34. The van der Waals surface area contributed by atoms with Gasteiger partial charge in [-0.1, -0.05) is 188 Å². The van der Waals surface area contributed by atoms with Gasteiger partial charge in [-0.05, 0) is 68.1 Å². The van der Waals surface area contributed by atoms with Crippen LogP contribution >= 0.6 is 7.92 Å². The zero-order valence-corrected chi connectivity index (χ0v) is 28.3. The third kappa shape index (κ3) is 5.49. The van der Waals surface area contributed by atoms with E-state index in [2.05, 4.69) is 194 Å². The van der Waals surface area contributed by atoms with E-state index in [1.54, 1.807) is 0 Å². The van der Waals surface area contributed by atoms with Crippen LogP contribution in [0.25, 0.3) is 32.7 Å². The molecule has 0 bridgehead atoms. The SMILES string of the molecule is c1ccc([C@H]2N=C(c3ccc4ccccc4c3-c3c(P(c4ccccc4)c4ccccc4)ccc4ccccc34)O[C@@H]2c2ccccc2)cc1. The van der Waals surface area contributed by atoms with Crippen LogP contribution in [-0.2, 0) is 4.74 Å². The summed E-state index contributed by atoms with van der Waals surface area (Å²) in [6.45, 7) is 0. The highest BCUT2D eigenvalue weighted by Gasteiger charge is 2.36. The van der Waals surface area contributed by atoms with E-state index in [1.807, 2.05) is 0 Å². The Bertz CT molecular complexity index is 2420. The highest BCUT2D eigenvalue weighted by atomic mass is 31.1. The predicted molar refractivity (Wildman–Crippen MR) is 212 cm³/mol. The molecule has 0 amide bonds. The maximum absolute atomic E-state index is 7.05. The van der Waals surface area contributed by atoms with E-state index in [-0.39, 0.29) is 12.1 Å². The molecule has 0 saturated heterocycles. The van der Waals surface area contributed by atoms with Crippen LogP contribution < -0.4 is 15.9 Å². The van der Waals surface area contributed by atoms with Gasteiger partial charge in [0.25, 0.3) is 0 Å². The molecule has 0 radical (unpaired) electrons. The van der Waals surface area contributed by atoms with Gasteiger partial charge in [0, 0.05) is 11.1 Å². The quantitative estimate of drug-likeness (QED) is 0.156. The van der Waals surface area contributed by atoms with Gasteiger partial charge in [0.2, 0.25) is 5.90 Å². The second-order valence-corrected chi connectivity index (χ2v) is 14.8. The fourth-order valence-corrected chi connectivity index (χ4v) is 9.82. The summed E-state index contributed by atoms with van der Waals surface area (Å²) in [5.41, 5.74) is 5.66. The summed E-state index contributed by atoms with van der Waals surface area (Å²) in [7, 11) is -0.914. The van der Waals surface area contributed by atoms with Crippen LogP contribution in [0.15, 0.2) is 199 Å². The molecule has 1 aliphatic rings. The molecular weight excluding hydrogens is 625 g/mol. The molecule has 9 rings (SSSR count). The molecule has 0 fully saturated rings. The van der Waals surface area contributed by atoms with Crippen molar-refractivity contribution in [2.24, 2.45) is 4.99 Å². The van der Waals surface area contributed by atoms with Gasteiger partial charge in [0.15, 0.2) is 6.10 Å². The lowest BCUT2D eigenvalue weighted by Crippen LogP contribution is -2.23. The minimum absolute atomic E-state index is 0.175. The molecule has 3 heteroatoms. The molecule has 0 saturated carbocycles. The third-order valence-corrected chi connectivity index (χ3v) is 12.1. The molecule has 0 unspecified atom stereocenters. The largest absolute Gasteiger partial charge is 0.467 e. The number of hydrogen-bond donors (Lipinski definition) is 0. The molecule has 0 spiro atoms. The normalized spacial score (nSPS) is 15.7. The monoisotopic (exact) mass is 659 g/mol. The number of fused-ring (bicyclic) bond motifs is 2. The molecule has 8 aromatic rings. The van der Waals surface area contributed by atoms with E-state index in [9.17, 15) is 0 Å². The number of ether oxygens (including phenoxy) is 1. The second kappa shape index (κ2) is 13.2. The van der Waals surface area contributed by atoms with Crippen LogP contribution in [0, 0.1) is 0 Å². The number of hydrogen-bond acceptors (Lipinski definition) is 2. The highest BCUT2D eigenvalue weighted by molar-refractivity contribution is 7.80. The predicted octanol–water partition coefficient (Wildman–Crippen LogP) is 10.7. The molecule has 0 N–H and O–H groups in total. The standard InChI is InChI=1S/C47H34NOP/c1-5-19-35(20-6-1)45-46(36-21-7-2-8-22-36)49-47(48-45)41-31-29-33-17-13-15-27-39(33)43(41)44-40-28-16-14-18-34(40)30-32-42(44)50(37-23-9-3-10-24-37)38-25-11-4-12-26-38/h1-32,45-46H/t45-,46-/m1/s1. The van der Waals surface area contributed by atoms with Crippen LogP contribution in [0.4, 0.5) is 0 Å². The lowest BCUT2D eigenvalue weighted by molar-refractivity contribution is 0.197. The van der Waals surface area contributed by atoms with Gasteiger partial charge < -0.3 is 4.74 Å². The first-order valence-electron chi connectivity index (χ1n) is 17.1. The molecule has 2 nitrogen and oxygen atoms in total. The van der Waals surface area contributed by atoms with E-state index in [4.69, 9.17) is 9.73 Å². The van der Waals surface area contributed by atoms with Crippen molar-refractivity contribution in [2.75, 3.05) is 0 Å². The number of benzene rings is 8. The van der Waals surface area contributed by atoms with Crippen molar-refractivity contribution in [3.63, 3.8) is 0 Å². The van der Waals surface area contributed by atoms with Crippen molar-refractivity contribution in [3.8, 4) is 11.1 Å². The maximum atomic E-state index is 7.05. The van der Waals surface area contributed by atoms with Gasteiger partial charge in [0.1, 0.15) is 6.04 Å². The molecule has 2 atom stereocenters. The Labute approximate surface area is 294 Å². The Morgan fingerprint density at radius 3 is 1.50 bits per heavy atom. The van der Waals surface area contributed by atoms with Crippen molar-refractivity contribution in [1.29, 1.82) is 0 Å². The van der Waals surface area contributed by atoms with Gasteiger partial charge in [-0.3, -0.25) is 0 Å². The van der Waals surface area contributed by atoms with Crippen molar-refractivity contribution >= 4 is 51.3 Å². The van der Waals surface area contributed by atoms with E-state index < -0.39 is 7.92 Å². The van der Waals surface area contributed by atoms with Gasteiger partial charge in [-0.15, -0.1) is 0 Å². The average molecular weight is 660 g/mol. The van der Waals surface area contributed by atoms with Crippen molar-refractivity contribution in [3.05, 3.63) is 211 Å². The zero-order valence-electron chi connectivity index (χ0n) is 27.4. The van der Waals surface area contributed by atoms with Gasteiger partial charge in [-0.2, -0.15) is 0 Å². The van der Waals surface area contributed by atoms with Crippen LogP contribution in [0.1, 0.15) is 28.8 Å². The third-order valence-electron chi connectivity index (χ3n) is 9.64. The topological polar surface area (TPSA) is 21.6 Å². The van der Waals surface area contributed by atoms with Crippen molar-refractivity contribution in [1.82, 2.24) is 0 Å². The van der Waals surface area contributed by atoms with E-state index >= 15 is 0 Å². The molecular formula is C47H34NOP. The maximum Gasteiger partial charge on any atom is 0.218 e. The fraction of sp³-hybridized carbons (Fsp3) is 0.0426. The number of aliphatic imine (C=N–C) groups is 1. The molecule has 1 aliphatic heterocycles. The van der Waals surface area contributed by atoms with Gasteiger partial charge in [0.05, 0.1) is 0 Å². The summed E-state index contributed by atoms with van der Waals surface area (Å²) >= 11 is 0. The molecule has 8 aromatic carbocycles.